The Morgan fingerprint density at radius 1 is 0.887 bits per heavy atom. The average molecular weight is 722 g/mol. The molecule has 0 saturated carbocycles. The van der Waals surface area contributed by atoms with Crippen LogP contribution in [0.5, 0.6) is 17.2 Å². The molecule has 0 spiro atoms. The molecule has 1 aliphatic rings. The first kappa shape index (κ1) is 38.8. The molecule has 0 unspecified atom stereocenters. The van der Waals surface area contributed by atoms with Crippen molar-refractivity contribution in [1.29, 1.82) is 0 Å². The van der Waals surface area contributed by atoms with Crippen molar-refractivity contribution in [3.8, 4) is 17.2 Å². The topological polar surface area (TPSA) is 146 Å². The van der Waals surface area contributed by atoms with E-state index in [2.05, 4.69) is 15.5 Å². The number of unbranched alkanes of at least 4 members (excludes halogenated alkanes) is 2. The molecule has 3 amide bonds. The minimum absolute atomic E-state index is 0.0931. The van der Waals surface area contributed by atoms with Crippen LogP contribution in [0.15, 0.2) is 97.1 Å². The highest BCUT2D eigenvalue weighted by Gasteiger charge is 2.34. The summed E-state index contributed by atoms with van der Waals surface area (Å²) in [6, 6.07) is 29.5. The molecule has 4 aromatic rings. The molecule has 1 aliphatic heterocycles. The quantitative estimate of drug-likeness (QED) is 0.0719. The number of nitrogens with one attached hydrogen (secondary N) is 2. The van der Waals surface area contributed by atoms with Crippen LogP contribution in [-0.4, -0.2) is 71.5 Å². The molecule has 0 aromatic heterocycles. The fourth-order valence-corrected chi connectivity index (χ4v) is 6.31. The zero-order valence-corrected chi connectivity index (χ0v) is 30.8. The fraction of sp³-hybridized carbons (Fsp3) is 0.357. The van der Waals surface area contributed by atoms with Gasteiger partial charge in [0, 0.05) is 38.4 Å². The van der Waals surface area contributed by atoms with Gasteiger partial charge in [0.15, 0.2) is 5.75 Å². The molecule has 0 saturated heterocycles. The highest BCUT2D eigenvalue weighted by atomic mass is 16.5. The van der Waals surface area contributed by atoms with Crippen LogP contribution >= 0.6 is 0 Å². The molecule has 11 nitrogen and oxygen atoms in total. The molecule has 3 atom stereocenters. The molecule has 53 heavy (non-hydrogen) atoms. The number of anilines is 3. The maximum atomic E-state index is 13.9. The lowest BCUT2D eigenvalue weighted by Gasteiger charge is -2.38. The van der Waals surface area contributed by atoms with Gasteiger partial charge in [-0.1, -0.05) is 61.9 Å². The van der Waals surface area contributed by atoms with Gasteiger partial charge in [0.05, 0.1) is 35.3 Å². The van der Waals surface area contributed by atoms with Gasteiger partial charge in [-0.2, -0.15) is 0 Å². The molecular weight excluding hydrogens is 670 g/mol. The van der Waals surface area contributed by atoms with Crippen LogP contribution in [0.3, 0.4) is 0 Å². The van der Waals surface area contributed by atoms with E-state index < -0.39 is 6.04 Å². The van der Waals surface area contributed by atoms with E-state index in [9.17, 15) is 19.5 Å². The zero-order valence-electron chi connectivity index (χ0n) is 30.8. The van der Waals surface area contributed by atoms with Gasteiger partial charge in [0.2, 0.25) is 11.8 Å². The monoisotopic (exact) mass is 721 g/mol. The highest BCUT2D eigenvalue weighted by Crippen LogP contribution is 2.35. The lowest BCUT2D eigenvalue weighted by molar-refractivity contribution is -0.116. The summed E-state index contributed by atoms with van der Waals surface area (Å²) in [5, 5.41) is 15.9. The van der Waals surface area contributed by atoms with Crippen molar-refractivity contribution < 1.29 is 29.0 Å². The predicted molar refractivity (Wildman–Crippen MR) is 208 cm³/mol. The third-order valence-electron chi connectivity index (χ3n) is 9.35. The number of para-hydroxylation sites is 4. The first-order valence-electron chi connectivity index (χ1n) is 18.3. The molecule has 280 valence electrons. The van der Waals surface area contributed by atoms with E-state index in [4.69, 9.17) is 15.2 Å². The number of rotatable bonds is 16. The van der Waals surface area contributed by atoms with E-state index in [1.165, 1.54) is 0 Å². The van der Waals surface area contributed by atoms with Crippen LogP contribution in [-0.2, 0) is 16.1 Å². The Kier molecular flexibility index (Phi) is 13.9. The van der Waals surface area contributed by atoms with Crippen molar-refractivity contribution in [2.75, 3.05) is 43.1 Å². The number of nitrogen functional groups attached to an aromatic ring is 1. The van der Waals surface area contributed by atoms with E-state index in [1.54, 1.807) is 35.2 Å². The number of likely N-dealkylation sites (N-methyl/N-ethyl adjacent to an activating group) is 1. The Hall–Kier alpha value is -5.39. The van der Waals surface area contributed by atoms with Crippen molar-refractivity contribution in [3.63, 3.8) is 0 Å². The molecule has 0 fully saturated rings. The maximum absolute atomic E-state index is 13.9. The summed E-state index contributed by atoms with van der Waals surface area (Å²) in [6.07, 6.45) is 2.14. The number of hydrogen-bond acceptors (Lipinski definition) is 8. The molecule has 1 heterocycles. The number of amides is 3. The van der Waals surface area contributed by atoms with Gasteiger partial charge in [0.1, 0.15) is 17.6 Å². The Labute approximate surface area is 312 Å². The second kappa shape index (κ2) is 18.9. The van der Waals surface area contributed by atoms with Crippen LogP contribution in [0.2, 0.25) is 0 Å². The minimum atomic E-state index is -0.406. The van der Waals surface area contributed by atoms with E-state index >= 15 is 0 Å². The summed E-state index contributed by atoms with van der Waals surface area (Å²) in [6.45, 7) is 5.29. The second-order valence-electron chi connectivity index (χ2n) is 13.8. The molecular formula is C42H51N5O6. The number of aliphatic hydroxyl groups excluding tert-OH is 1. The Morgan fingerprint density at radius 2 is 1.51 bits per heavy atom. The largest absolute Gasteiger partial charge is 0.486 e. The fourth-order valence-electron chi connectivity index (χ4n) is 6.31. The van der Waals surface area contributed by atoms with Crippen molar-refractivity contribution in [2.45, 2.75) is 64.6 Å². The molecule has 11 heteroatoms. The summed E-state index contributed by atoms with van der Waals surface area (Å²) in [5.41, 5.74) is 8.88. The van der Waals surface area contributed by atoms with Gasteiger partial charge in [-0.15, -0.1) is 0 Å². The number of benzene rings is 4. The summed E-state index contributed by atoms with van der Waals surface area (Å²) < 4.78 is 12.6. The van der Waals surface area contributed by atoms with Gasteiger partial charge < -0.3 is 35.8 Å². The SMILES string of the molecule is C[C@H]1CN([C@@H](C)CO)C(=O)c2cccc(NC(=O)CCCCCC(=O)Nc3ccccc3N)c2O[C@@H]1CN(C)Cc1ccc(Oc2ccccc2)cc1. The van der Waals surface area contributed by atoms with Gasteiger partial charge in [-0.3, -0.25) is 19.3 Å². The third-order valence-corrected chi connectivity index (χ3v) is 9.35. The van der Waals surface area contributed by atoms with Crippen LogP contribution in [0.25, 0.3) is 0 Å². The highest BCUT2D eigenvalue weighted by molar-refractivity contribution is 6.01. The van der Waals surface area contributed by atoms with E-state index in [0.29, 0.717) is 73.7 Å². The lowest BCUT2D eigenvalue weighted by atomic mass is 9.98. The summed E-state index contributed by atoms with van der Waals surface area (Å²) in [5.74, 6) is 1.17. The molecule has 0 radical (unpaired) electrons. The first-order chi connectivity index (χ1) is 25.6. The van der Waals surface area contributed by atoms with Crippen LogP contribution in [0.4, 0.5) is 17.1 Å². The molecule has 5 rings (SSSR count). The molecule has 4 aromatic carbocycles. The van der Waals surface area contributed by atoms with E-state index in [1.807, 2.05) is 87.6 Å². The predicted octanol–water partition coefficient (Wildman–Crippen LogP) is 6.94. The minimum Gasteiger partial charge on any atom is -0.486 e. The van der Waals surface area contributed by atoms with Crippen LogP contribution in [0, 0.1) is 5.92 Å². The van der Waals surface area contributed by atoms with Crippen molar-refractivity contribution in [1.82, 2.24) is 9.80 Å². The lowest BCUT2D eigenvalue weighted by Crippen LogP contribution is -2.49. The summed E-state index contributed by atoms with van der Waals surface area (Å²) in [7, 11) is 2.03. The number of carbonyl (C=O) groups is 3. The van der Waals surface area contributed by atoms with E-state index in [-0.39, 0.29) is 42.8 Å². The zero-order chi connectivity index (χ0) is 37.7. The molecule has 0 bridgehead atoms. The van der Waals surface area contributed by atoms with Crippen LogP contribution in [0.1, 0.15) is 61.9 Å². The van der Waals surface area contributed by atoms with Gasteiger partial charge in [-0.25, -0.2) is 0 Å². The normalized spacial score (nSPS) is 16.2. The number of aliphatic hydroxyl groups is 1. The Balaban J connectivity index is 1.21. The standard InChI is InChI=1S/C42H51N5O6/c1-29-25-47(30(2)28-48)42(51)34-15-12-18-37(45-40(50)20-9-5-8-19-39(49)44-36-17-11-10-16-35(36)43)41(34)53-38(29)27-46(3)26-31-21-23-33(24-22-31)52-32-13-6-4-7-14-32/h4,6-7,10-18,21-24,29-30,38,48H,5,8-9,19-20,25-28,43H2,1-3H3,(H,44,49)(H,45,50)/t29-,30-,38+/m0/s1. The molecule has 5 N–H and O–H groups in total. The number of nitrogens with two attached hydrogens (primary N) is 1. The number of nitrogens with zero attached hydrogens (tertiary/aromatic N) is 2. The summed E-state index contributed by atoms with van der Waals surface area (Å²) in [4.78, 5) is 43.3. The van der Waals surface area contributed by atoms with Crippen molar-refractivity contribution >= 4 is 34.8 Å². The number of ether oxygens (including phenoxy) is 2. The first-order valence-corrected chi connectivity index (χ1v) is 18.3. The maximum Gasteiger partial charge on any atom is 0.258 e. The van der Waals surface area contributed by atoms with Crippen molar-refractivity contribution in [3.05, 3.63) is 108 Å². The number of fused-ring (bicyclic) bond motifs is 1. The van der Waals surface area contributed by atoms with Gasteiger partial charge >= 0.3 is 0 Å². The number of carbonyl (C=O) groups excluding carboxylic acids is 3. The Bertz CT molecular complexity index is 1820. The average Bonchev–Trinajstić information content (AvgIpc) is 3.15. The smallest absolute Gasteiger partial charge is 0.258 e. The van der Waals surface area contributed by atoms with E-state index in [0.717, 1.165) is 17.1 Å². The van der Waals surface area contributed by atoms with Gasteiger partial charge in [-0.05, 0) is 80.9 Å². The van der Waals surface area contributed by atoms with Gasteiger partial charge in [0.25, 0.3) is 5.91 Å². The van der Waals surface area contributed by atoms with Crippen molar-refractivity contribution in [2.24, 2.45) is 5.92 Å². The Morgan fingerprint density at radius 3 is 2.19 bits per heavy atom. The third kappa shape index (κ3) is 11.1. The molecule has 0 aliphatic carbocycles. The summed E-state index contributed by atoms with van der Waals surface area (Å²) >= 11 is 0. The van der Waals surface area contributed by atoms with Crippen LogP contribution < -0.4 is 25.8 Å². The second-order valence-corrected chi connectivity index (χ2v) is 13.8. The number of hydrogen-bond donors (Lipinski definition) is 4.